The van der Waals surface area contributed by atoms with E-state index >= 15 is 0 Å². The third-order valence-corrected chi connectivity index (χ3v) is 4.48. The maximum Gasteiger partial charge on any atom is 0.274 e. The summed E-state index contributed by atoms with van der Waals surface area (Å²) in [5, 5.41) is 0. The number of hydrogen-bond acceptors (Lipinski definition) is 3. The molecular weight excluding hydrogens is 417 g/mol. The lowest BCUT2D eigenvalue weighted by Crippen LogP contribution is -2.43. The fraction of sp³-hybridized carbons (Fsp3) is 0.235. The molecular formula is C17H16BrCl2NO3. The number of carbonyl (C=O) groups excluding carboxylic acids is 1. The molecule has 0 fully saturated rings. The second kappa shape index (κ2) is 8.83. The van der Waals surface area contributed by atoms with Crippen LogP contribution in [0.3, 0.4) is 0 Å². The van der Waals surface area contributed by atoms with Crippen LogP contribution in [0, 0.1) is 0 Å². The first kappa shape index (κ1) is 19.2. The first-order valence-corrected chi connectivity index (χ1v) is 8.65. The average Bonchev–Trinajstić information content (AvgIpc) is 2.59. The lowest BCUT2D eigenvalue weighted by molar-refractivity contribution is -0.0721. The molecule has 2 aromatic rings. The van der Waals surface area contributed by atoms with Gasteiger partial charge in [-0.25, -0.2) is 10.3 Å². The molecule has 0 aliphatic carbocycles. The van der Waals surface area contributed by atoms with Crippen molar-refractivity contribution in [2.45, 2.75) is 17.0 Å². The van der Waals surface area contributed by atoms with Crippen molar-refractivity contribution >= 4 is 45.0 Å². The number of nitrogens with one attached hydrogen (secondary N) is 1. The number of halogens is 3. The highest BCUT2D eigenvalue weighted by Crippen LogP contribution is 2.30. The van der Waals surface area contributed by atoms with Crippen molar-refractivity contribution in [3.63, 3.8) is 0 Å². The summed E-state index contributed by atoms with van der Waals surface area (Å²) in [7, 11) is 1.48. The highest BCUT2D eigenvalue weighted by Gasteiger charge is 2.38. The minimum absolute atomic E-state index is 0.415. The molecule has 2 rings (SSSR count). The van der Waals surface area contributed by atoms with Gasteiger partial charge in [0, 0.05) is 23.6 Å². The Labute approximate surface area is 159 Å². The van der Waals surface area contributed by atoms with Gasteiger partial charge in [-0.05, 0) is 29.8 Å². The zero-order valence-corrected chi connectivity index (χ0v) is 15.9. The minimum Gasteiger partial charge on any atom is -0.375 e. The fourth-order valence-corrected chi connectivity index (χ4v) is 2.68. The van der Waals surface area contributed by atoms with Crippen LogP contribution in [0.25, 0.3) is 0 Å². The predicted molar refractivity (Wildman–Crippen MR) is 98.1 cm³/mol. The lowest BCUT2D eigenvalue weighted by Gasteiger charge is -2.28. The Morgan fingerprint density at radius 1 is 1.17 bits per heavy atom. The zero-order valence-electron chi connectivity index (χ0n) is 12.8. The van der Waals surface area contributed by atoms with Gasteiger partial charge in [-0.15, -0.1) is 0 Å². The first-order chi connectivity index (χ1) is 11.4. The number of rotatable bonds is 7. The third-order valence-electron chi connectivity index (χ3n) is 3.31. The molecule has 0 bridgehead atoms. The van der Waals surface area contributed by atoms with E-state index in [-0.39, 0.29) is 0 Å². The number of hydroxylamine groups is 1. The number of carbonyl (C=O) groups is 1. The maximum absolute atomic E-state index is 12.0. The Balaban J connectivity index is 1.98. The molecule has 0 radical (unpaired) electrons. The molecule has 1 N–H and O–H groups in total. The Morgan fingerprint density at radius 3 is 2.38 bits per heavy atom. The van der Waals surface area contributed by atoms with E-state index in [4.69, 9.17) is 32.8 Å². The van der Waals surface area contributed by atoms with E-state index < -0.39 is 16.5 Å². The molecule has 1 amide bonds. The monoisotopic (exact) mass is 431 g/mol. The van der Waals surface area contributed by atoms with Gasteiger partial charge in [0.05, 0.1) is 0 Å². The topological polar surface area (TPSA) is 47.6 Å². The van der Waals surface area contributed by atoms with Crippen molar-refractivity contribution in [3.8, 4) is 0 Å². The molecule has 7 heteroatoms. The van der Waals surface area contributed by atoms with Gasteiger partial charge in [-0.2, -0.15) is 0 Å². The van der Waals surface area contributed by atoms with Gasteiger partial charge in [0.15, 0.2) is 0 Å². The van der Waals surface area contributed by atoms with E-state index in [1.807, 2.05) is 30.3 Å². The Kier molecular flexibility index (Phi) is 7.07. The molecule has 0 saturated heterocycles. The fourth-order valence-electron chi connectivity index (χ4n) is 2.00. The lowest BCUT2D eigenvalue weighted by atomic mass is 10.1. The van der Waals surface area contributed by atoms with Gasteiger partial charge >= 0.3 is 0 Å². The first-order valence-electron chi connectivity index (χ1n) is 7.11. The third kappa shape index (κ3) is 5.46. The summed E-state index contributed by atoms with van der Waals surface area (Å²) in [6.07, 6.45) is -0.268. The van der Waals surface area contributed by atoms with Crippen molar-refractivity contribution in [1.82, 2.24) is 5.48 Å². The summed E-state index contributed by atoms with van der Waals surface area (Å²) in [6, 6.07) is 16.3. The quantitative estimate of drug-likeness (QED) is 0.517. The van der Waals surface area contributed by atoms with E-state index in [9.17, 15) is 4.79 Å². The van der Waals surface area contributed by atoms with Crippen molar-refractivity contribution in [3.05, 3.63) is 70.2 Å². The van der Waals surface area contributed by atoms with E-state index in [0.717, 1.165) is 10.0 Å². The van der Waals surface area contributed by atoms with Crippen molar-refractivity contribution in [2.75, 3.05) is 7.11 Å². The SMILES string of the molecule is COC(Cc1ccc(Br)cc1)C(Cl)(Cl)ONC(=O)c1ccccc1. The molecule has 0 aliphatic heterocycles. The van der Waals surface area contributed by atoms with Crippen LogP contribution in [0.1, 0.15) is 15.9 Å². The number of benzene rings is 2. The van der Waals surface area contributed by atoms with Crippen LogP contribution in [-0.4, -0.2) is 23.6 Å². The van der Waals surface area contributed by atoms with Gasteiger partial charge < -0.3 is 4.74 Å². The maximum atomic E-state index is 12.0. The van der Waals surface area contributed by atoms with E-state index in [2.05, 4.69) is 21.4 Å². The number of hydrogen-bond donors (Lipinski definition) is 1. The van der Waals surface area contributed by atoms with Gasteiger partial charge in [-0.3, -0.25) is 4.79 Å². The van der Waals surface area contributed by atoms with Crippen LogP contribution in [0.5, 0.6) is 0 Å². The molecule has 0 spiro atoms. The summed E-state index contributed by atoms with van der Waals surface area (Å²) in [6.45, 7) is 0. The molecule has 2 aromatic carbocycles. The normalized spacial score (nSPS) is 12.7. The molecule has 0 saturated carbocycles. The molecule has 4 nitrogen and oxygen atoms in total. The number of amides is 1. The number of ether oxygens (including phenoxy) is 1. The summed E-state index contributed by atoms with van der Waals surface area (Å²) in [5.41, 5.74) is 3.66. The summed E-state index contributed by atoms with van der Waals surface area (Å²) >= 11 is 15.8. The van der Waals surface area contributed by atoms with Gasteiger partial charge in [-0.1, -0.05) is 69.5 Å². The van der Waals surface area contributed by atoms with Crippen molar-refractivity contribution in [1.29, 1.82) is 0 Å². The smallest absolute Gasteiger partial charge is 0.274 e. The molecule has 24 heavy (non-hydrogen) atoms. The Bertz CT molecular complexity index is 665. The van der Waals surface area contributed by atoms with Gasteiger partial charge in [0.1, 0.15) is 6.10 Å². The van der Waals surface area contributed by atoms with Crippen LogP contribution in [0.2, 0.25) is 0 Å². The molecule has 0 aromatic heterocycles. The average molecular weight is 433 g/mol. The summed E-state index contributed by atoms with van der Waals surface area (Å²) < 4.78 is 4.56. The van der Waals surface area contributed by atoms with Crippen molar-refractivity contribution < 1.29 is 14.4 Å². The largest absolute Gasteiger partial charge is 0.375 e. The van der Waals surface area contributed by atoms with Crippen LogP contribution in [0.15, 0.2) is 59.1 Å². The van der Waals surface area contributed by atoms with Crippen LogP contribution >= 0.6 is 39.1 Å². The van der Waals surface area contributed by atoms with E-state index in [1.165, 1.54) is 7.11 Å². The highest BCUT2D eigenvalue weighted by molar-refractivity contribution is 9.10. The highest BCUT2D eigenvalue weighted by atomic mass is 79.9. The Morgan fingerprint density at radius 2 is 1.79 bits per heavy atom. The minimum atomic E-state index is -1.74. The molecule has 1 atom stereocenters. The second-order valence-corrected chi connectivity index (χ2v) is 7.25. The molecule has 1 unspecified atom stereocenters. The summed E-state index contributed by atoms with van der Waals surface area (Å²) in [4.78, 5) is 17.2. The zero-order chi connectivity index (χ0) is 17.6. The molecule has 0 aliphatic rings. The van der Waals surface area contributed by atoms with Crippen molar-refractivity contribution in [2.24, 2.45) is 0 Å². The van der Waals surface area contributed by atoms with Gasteiger partial charge in [0.2, 0.25) is 0 Å². The van der Waals surface area contributed by atoms with E-state index in [1.54, 1.807) is 24.3 Å². The molecule has 0 heterocycles. The Hall–Kier alpha value is -1.11. The van der Waals surface area contributed by atoms with E-state index in [0.29, 0.717) is 12.0 Å². The van der Waals surface area contributed by atoms with Gasteiger partial charge in [0.25, 0.3) is 10.4 Å². The number of methoxy groups -OCH3 is 1. The second-order valence-electron chi connectivity index (χ2n) is 5.02. The predicted octanol–water partition coefficient (Wildman–Crippen LogP) is 4.50. The standard InChI is InChI=1S/C17H16BrCl2NO3/c1-23-15(11-12-7-9-14(18)10-8-12)17(19,20)24-21-16(22)13-5-3-2-4-6-13/h2-10,15H,11H2,1H3,(H,21,22). The number of alkyl halides is 2. The summed E-state index contributed by atoms with van der Waals surface area (Å²) in [5.74, 6) is -0.445. The molecule has 128 valence electrons. The van der Waals surface area contributed by atoms with Crippen LogP contribution in [-0.2, 0) is 16.0 Å². The van der Waals surface area contributed by atoms with Crippen LogP contribution < -0.4 is 5.48 Å². The van der Waals surface area contributed by atoms with Crippen LogP contribution in [0.4, 0.5) is 0 Å².